The Bertz CT molecular complexity index is 1930. The molecule has 1 aliphatic carbocycles. The monoisotopic (exact) mass is 693 g/mol. The molecular formula is C37H43N9O3S. The molecule has 2 atom stereocenters. The van der Waals surface area contributed by atoms with Crippen LogP contribution < -0.4 is 10.1 Å². The molecule has 1 saturated heterocycles. The Morgan fingerprint density at radius 2 is 1.94 bits per heavy atom. The highest BCUT2D eigenvalue weighted by Gasteiger charge is 2.45. The third kappa shape index (κ3) is 7.10. The van der Waals surface area contributed by atoms with Crippen LogP contribution in [0.5, 0.6) is 5.88 Å². The van der Waals surface area contributed by atoms with Gasteiger partial charge in [0.05, 0.1) is 30.1 Å². The first kappa shape index (κ1) is 33.7. The predicted octanol–water partition coefficient (Wildman–Crippen LogP) is 4.23. The zero-order valence-electron chi connectivity index (χ0n) is 28.9. The first-order valence-electron chi connectivity index (χ1n) is 17.1. The number of benzene rings is 1. The van der Waals surface area contributed by atoms with E-state index in [0.717, 1.165) is 40.1 Å². The summed E-state index contributed by atoms with van der Waals surface area (Å²) >= 11 is 1.57. The summed E-state index contributed by atoms with van der Waals surface area (Å²) in [5, 5.41) is 15.4. The first-order valence-corrected chi connectivity index (χ1v) is 18.3. The lowest BCUT2D eigenvalue weighted by molar-refractivity contribution is -0.132. The van der Waals surface area contributed by atoms with Gasteiger partial charge in [-0.15, -0.1) is 11.8 Å². The van der Waals surface area contributed by atoms with Crippen molar-refractivity contribution in [2.24, 2.45) is 7.05 Å². The molecule has 0 spiro atoms. The number of fused-ring (bicyclic) bond motifs is 1. The van der Waals surface area contributed by atoms with E-state index in [4.69, 9.17) is 4.74 Å². The fraction of sp³-hybridized carbons (Fsp3) is 0.405. The summed E-state index contributed by atoms with van der Waals surface area (Å²) in [6.07, 6.45) is 13.7. The minimum absolute atomic E-state index is 0.00928. The molecule has 5 heterocycles. The van der Waals surface area contributed by atoms with Crippen molar-refractivity contribution < 1.29 is 14.3 Å². The molecule has 1 unspecified atom stereocenters. The van der Waals surface area contributed by atoms with Crippen molar-refractivity contribution in [1.82, 2.24) is 45.1 Å². The van der Waals surface area contributed by atoms with Crippen molar-refractivity contribution in [2.75, 3.05) is 39.0 Å². The SMILES string of the molecule is CS[C@@]1(C(=O)NC2C=Cc3[nH]nc(-c4ccnc(OC(C)C)c4)c3C2)CCN(CC(=O)N2CC=C(c3ccc(-c4ncn(C)n4)cc3)CC2)C1. The molecule has 260 valence electrons. The van der Waals surface area contributed by atoms with Crippen molar-refractivity contribution in [1.29, 1.82) is 0 Å². The molecule has 2 N–H and O–H groups in total. The normalized spacial score (nSPS) is 20.5. The molecule has 13 heteroatoms. The molecule has 4 aromatic rings. The molecular weight excluding hydrogens is 651 g/mol. The van der Waals surface area contributed by atoms with Gasteiger partial charge in [0.15, 0.2) is 5.82 Å². The third-order valence-electron chi connectivity index (χ3n) is 9.65. The van der Waals surface area contributed by atoms with Gasteiger partial charge in [0.1, 0.15) is 11.1 Å². The molecule has 3 aliphatic rings. The maximum Gasteiger partial charge on any atom is 0.238 e. The van der Waals surface area contributed by atoms with Crippen LogP contribution in [0.25, 0.3) is 34.3 Å². The molecule has 0 bridgehead atoms. The molecule has 7 rings (SSSR count). The predicted molar refractivity (Wildman–Crippen MR) is 195 cm³/mol. The lowest BCUT2D eigenvalue weighted by atomic mass is 9.94. The third-order valence-corrected chi connectivity index (χ3v) is 10.9. The van der Waals surface area contributed by atoms with Gasteiger partial charge in [-0.25, -0.2) is 9.97 Å². The lowest BCUT2D eigenvalue weighted by Gasteiger charge is -2.30. The van der Waals surface area contributed by atoms with Crippen LogP contribution in [0.3, 0.4) is 0 Å². The van der Waals surface area contributed by atoms with Gasteiger partial charge in [-0.2, -0.15) is 10.2 Å². The van der Waals surface area contributed by atoms with E-state index in [9.17, 15) is 9.59 Å². The number of pyridine rings is 1. The van der Waals surface area contributed by atoms with Gasteiger partial charge in [0.25, 0.3) is 0 Å². The summed E-state index contributed by atoms with van der Waals surface area (Å²) in [6.45, 7) is 6.74. The number of aromatic nitrogens is 6. The maximum atomic E-state index is 13.9. The number of likely N-dealkylation sites (tertiary alicyclic amines) is 1. The highest BCUT2D eigenvalue weighted by molar-refractivity contribution is 8.00. The minimum Gasteiger partial charge on any atom is -0.475 e. The summed E-state index contributed by atoms with van der Waals surface area (Å²) in [6, 6.07) is 11.9. The Labute approximate surface area is 296 Å². The molecule has 0 radical (unpaired) electrons. The second kappa shape index (κ2) is 14.2. The van der Waals surface area contributed by atoms with Crippen LogP contribution in [0.1, 0.15) is 43.5 Å². The highest BCUT2D eigenvalue weighted by Crippen LogP contribution is 2.35. The number of ether oxygens (including phenoxy) is 1. The van der Waals surface area contributed by atoms with Crippen molar-refractivity contribution in [2.45, 2.75) is 50.0 Å². The fourth-order valence-corrected chi connectivity index (χ4v) is 7.77. The Kier molecular flexibility index (Phi) is 9.60. The van der Waals surface area contributed by atoms with E-state index in [0.29, 0.717) is 57.3 Å². The number of nitrogens with one attached hydrogen (secondary N) is 2. The molecule has 1 fully saturated rings. The summed E-state index contributed by atoms with van der Waals surface area (Å²) in [5.74, 6) is 1.37. The number of aromatic amines is 1. The number of nitrogens with zero attached hydrogens (tertiary/aromatic N) is 7. The smallest absolute Gasteiger partial charge is 0.238 e. The number of carbonyl (C=O) groups is 2. The number of rotatable bonds is 10. The number of hydrogen-bond acceptors (Lipinski definition) is 9. The van der Waals surface area contributed by atoms with Crippen LogP contribution in [0.15, 0.2) is 61.1 Å². The van der Waals surface area contributed by atoms with E-state index in [-0.39, 0.29) is 24.0 Å². The second-order valence-corrected chi connectivity index (χ2v) is 14.6. The quantitative estimate of drug-likeness (QED) is 0.250. The summed E-state index contributed by atoms with van der Waals surface area (Å²) in [4.78, 5) is 40.0. The number of H-pyrrole nitrogens is 1. The van der Waals surface area contributed by atoms with Crippen LogP contribution in [0, 0.1) is 0 Å². The van der Waals surface area contributed by atoms with Gasteiger partial charge in [0, 0.05) is 68.6 Å². The number of aryl methyl sites for hydroxylation is 1. The van der Waals surface area contributed by atoms with E-state index in [1.807, 2.05) is 68.5 Å². The van der Waals surface area contributed by atoms with E-state index in [1.165, 1.54) is 5.57 Å². The van der Waals surface area contributed by atoms with Gasteiger partial charge in [-0.1, -0.05) is 36.4 Å². The van der Waals surface area contributed by atoms with E-state index in [2.05, 4.69) is 53.7 Å². The van der Waals surface area contributed by atoms with E-state index >= 15 is 0 Å². The van der Waals surface area contributed by atoms with Crippen LogP contribution in [-0.2, 0) is 23.1 Å². The van der Waals surface area contributed by atoms with Gasteiger partial charge >= 0.3 is 0 Å². The Morgan fingerprint density at radius 3 is 2.66 bits per heavy atom. The molecule has 1 aromatic carbocycles. The molecule has 2 aliphatic heterocycles. The number of hydrogen-bond donors (Lipinski definition) is 2. The van der Waals surface area contributed by atoms with Crippen molar-refractivity contribution in [3.8, 4) is 28.5 Å². The maximum absolute atomic E-state index is 13.9. The van der Waals surface area contributed by atoms with Gasteiger partial charge in [-0.05, 0) is 56.2 Å². The number of thioether (sulfide) groups is 1. The van der Waals surface area contributed by atoms with E-state index in [1.54, 1.807) is 29.0 Å². The standard InChI is InChI=1S/C37H43N9O3S/c1-24(2)49-32-19-28(11-15-38-32)34-30-20-29(9-10-31(30)41-42-34)40-36(48)37(50-4)14-18-45(22-37)21-33(47)46-16-12-26(13-17-46)25-5-7-27(8-6-25)35-39-23-44(3)43-35/h5-12,15,19,23-24,29H,13-14,16-18,20-22H2,1-4H3,(H,40,48)(H,41,42)/t29?,37-/m0/s1. The van der Waals surface area contributed by atoms with Crippen LogP contribution in [-0.4, -0.2) is 107 Å². The molecule has 12 nitrogen and oxygen atoms in total. The van der Waals surface area contributed by atoms with E-state index < -0.39 is 4.75 Å². The topological polar surface area (TPSA) is 134 Å². The lowest BCUT2D eigenvalue weighted by Crippen LogP contribution is -2.50. The summed E-state index contributed by atoms with van der Waals surface area (Å²) in [7, 11) is 1.86. The van der Waals surface area contributed by atoms with Gasteiger partial charge in [-0.3, -0.25) is 24.3 Å². The average molecular weight is 694 g/mol. The molecule has 0 saturated carbocycles. The largest absolute Gasteiger partial charge is 0.475 e. The highest BCUT2D eigenvalue weighted by atomic mass is 32.2. The minimum atomic E-state index is -0.617. The van der Waals surface area contributed by atoms with Gasteiger partial charge in [0.2, 0.25) is 17.7 Å². The Balaban J connectivity index is 0.932. The molecule has 3 aromatic heterocycles. The fourth-order valence-electron chi connectivity index (χ4n) is 6.92. The Morgan fingerprint density at radius 1 is 1.12 bits per heavy atom. The van der Waals surface area contributed by atoms with Crippen molar-refractivity contribution >= 4 is 35.2 Å². The Hall–Kier alpha value is -4.75. The zero-order valence-corrected chi connectivity index (χ0v) is 29.7. The van der Waals surface area contributed by atoms with Crippen LogP contribution in [0.2, 0.25) is 0 Å². The number of carbonyl (C=O) groups excluding carboxylic acids is 2. The van der Waals surface area contributed by atoms with Crippen molar-refractivity contribution in [3.63, 3.8) is 0 Å². The average Bonchev–Trinajstić information content (AvgIpc) is 3.87. The van der Waals surface area contributed by atoms with Gasteiger partial charge < -0.3 is 15.0 Å². The van der Waals surface area contributed by atoms with Crippen LogP contribution >= 0.6 is 11.8 Å². The molecule has 50 heavy (non-hydrogen) atoms. The van der Waals surface area contributed by atoms with Crippen molar-refractivity contribution in [3.05, 3.63) is 77.9 Å². The molecule has 2 amide bonds. The summed E-state index contributed by atoms with van der Waals surface area (Å²) < 4.78 is 6.88. The zero-order chi connectivity index (χ0) is 34.8. The van der Waals surface area contributed by atoms with Crippen LogP contribution in [0.4, 0.5) is 0 Å². The summed E-state index contributed by atoms with van der Waals surface area (Å²) in [5.41, 5.74) is 7.11. The first-order chi connectivity index (χ1) is 24.2. The number of amides is 2. The second-order valence-electron chi connectivity index (χ2n) is 13.5.